The van der Waals surface area contributed by atoms with Crippen LogP contribution in [0, 0.1) is 0 Å². The molecule has 0 bridgehead atoms. The molecule has 0 saturated carbocycles. The van der Waals surface area contributed by atoms with Crippen molar-refractivity contribution in [1.29, 1.82) is 0 Å². The molecule has 0 aliphatic carbocycles. The maximum absolute atomic E-state index is 11.1. The lowest BCUT2D eigenvalue weighted by atomic mass is 10.1. The van der Waals surface area contributed by atoms with Gasteiger partial charge in [0, 0.05) is 12.6 Å². The summed E-state index contributed by atoms with van der Waals surface area (Å²) in [6.45, 7) is 1.000. The van der Waals surface area contributed by atoms with E-state index < -0.39 is 6.09 Å². The SMILES string of the molecule is O=C(O)N1CCc2ccc(OCc3ccccc3)cc21. The van der Waals surface area contributed by atoms with Crippen LogP contribution < -0.4 is 9.64 Å². The Morgan fingerprint density at radius 2 is 2.00 bits per heavy atom. The molecule has 3 rings (SSSR count). The molecule has 1 N–H and O–H groups in total. The second kappa shape index (κ2) is 5.25. The third kappa shape index (κ3) is 2.45. The molecule has 0 radical (unpaired) electrons. The Hall–Kier alpha value is -2.49. The monoisotopic (exact) mass is 269 g/mol. The third-order valence-electron chi connectivity index (χ3n) is 3.43. The van der Waals surface area contributed by atoms with Crippen molar-refractivity contribution in [3.63, 3.8) is 0 Å². The molecular formula is C16H15NO3. The number of benzene rings is 2. The van der Waals surface area contributed by atoms with Gasteiger partial charge in [0.05, 0.1) is 5.69 Å². The number of rotatable bonds is 3. The molecule has 0 spiro atoms. The summed E-state index contributed by atoms with van der Waals surface area (Å²) in [6.07, 6.45) is -0.149. The minimum absolute atomic E-state index is 0.479. The van der Waals surface area contributed by atoms with E-state index in [0.717, 1.165) is 23.2 Å². The van der Waals surface area contributed by atoms with E-state index in [1.807, 2.05) is 42.5 Å². The van der Waals surface area contributed by atoms with Gasteiger partial charge in [0.1, 0.15) is 12.4 Å². The summed E-state index contributed by atoms with van der Waals surface area (Å²) >= 11 is 0. The van der Waals surface area contributed by atoms with E-state index in [-0.39, 0.29) is 0 Å². The highest BCUT2D eigenvalue weighted by Crippen LogP contribution is 2.32. The average molecular weight is 269 g/mol. The van der Waals surface area contributed by atoms with Crippen molar-refractivity contribution in [1.82, 2.24) is 0 Å². The zero-order valence-corrected chi connectivity index (χ0v) is 11.0. The molecule has 4 nitrogen and oxygen atoms in total. The van der Waals surface area contributed by atoms with Crippen LogP contribution >= 0.6 is 0 Å². The van der Waals surface area contributed by atoms with Gasteiger partial charge in [0.15, 0.2) is 0 Å². The van der Waals surface area contributed by atoms with Crippen molar-refractivity contribution in [2.75, 3.05) is 11.4 Å². The topological polar surface area (TPSA) is 49.8 Å². The van der Waals surface area contributed by atoms with E-state index in [1.165, 1.54) is 4.90 Å². The van der Waals surface area contributed by atoms with Crippen molar-refractivity contribution in [3.8, 4) is 5.75 Å². The Bertz CT molecular complexity index is 625. The summed E-state index contributed by atoms with van der Waals surface area (Å²) in [6, 6.07) is 15.5. The maximum Gasteiger partial charge on any atom is 0.411 e. The van der Waals surface area contributed by atoms with Gasteiger partial charge in [0.25, 0.3) is 0 Å². The standard InChI is InChI=1S/C16H15NO3/c18-16(19)17-9-8-13-6-7-14(10-15(13)17)20-11-12-4-2-1-3-5-12/h1-7,10H,8-9,11H2,(H,18,19). The van der Waals surface area contributed by atoms with Crippen molar-refractivity contribution < 1.29 is 14.6 Å². The fourth-order valence-corrected chi connectivity index (χ4v) is 2.39. The lowest BCUT2D eigenvalue weighted by Crippen LogP contribution is -2.26. The van der Waals surface area contributed by atoms with Crippen LogP contribution in [-0.4, -0.2) is 17.7 Å². The van der Waals surface area contributed by atoms with Crippen molar-refractivity contribution in [3.05, 3.63) is 59.7 Å². The minimum atomic E-state index is -0.913. The lowest BCUT2D eigenvalue weighted by molar-refractivity contribution is 0.202. The predicted octanol–water partition coefficient (Wildman–Crippen LogP) is 3.31. The Labute approximate surface area is 117 Å². The molecule has 102 valence electrons. The fourth-order valence-electron chi connectivity index (χ4n) is 2.39. The molecule has 0 atom stereocenters. The third-order valence-corrected chi connectivity index (χ3v) is 3.43. The highest BCUT2D eigenvalue weighted by Gasteiger charge is 2.24. The highest BCUT2D eigenvalue weighted by atomic mass is 16.5. The summed E-state index contributed by atoms with van der Waals surface area (Å²) in [5, 5.41) is 9.14. The number of nitrogens with zero attached hydrogens (tertiary/aromatic N) is 1. The summed E-state index contributed by atoms with van der Waals surface area (Å²) in [7, 11) is 0. The first-order valence-corrected chi connectivity index (χ1v) is 6.54. The van der Waals surface area contributed by atoms with E-state index >= 15 is 0 Å². The zero-order chi connectivity index (χ0) is 13.9. The van der Waals surface area contributed by atoms with E-state index in [1.54, 1.807) is 6.07 Å². The molecule has 0 fully saturated rings. The number of ether oxygens (including phenoxy) is 1. The van der Waals surface area contributed by atoms with Gasteiger partial charge >= 0.3 is 6.09 Å². The van der Waals surface area contributed by atoms with Gasteiger partial charge in [-0.05, 0) is 23.6 Å². The van der Waals surface area contributed by atoms with E-state index in [2.05, 4.69) is 0 Å². The first kappa shape index (κ1) is 12.5. The normalized spacial score (nSPS) is 13.1. The van der Waals surface area contributed by atoms with Crippen molar-refractivity contribution in [2.24, 2.45) is 0 Å². The van der Waals surface area contributed by atoms with Crippen LogP contribution in [0.2, 0.25) is 0 Å². The van der Waals surface area contributed by atoms with E-state index in [4.69, 9.17) is 9.84 Å². The van der Waals surface area contributed by atoms with Gasteiger partial charge in [-0.1, -0.05) is 36.4 Å². The Morgan fingerprint density at radius 1 is 1.20 bits per heavy atom. The Balaban J connectivity index is 1.76. The molecule has 0 saturated heterocycles. The van der Waals surface area contributed by atoms with Crippen LogP contribution in [0.5, 0.6) is 5.75 Å². The zero-order valence-electron chi connectivity index (χ0n) is 11.0. The number of hydrogen-bond acceptors (Lipinski definition) is 2. The summed E-state index contributed by atoms with van der Waals surface area (Å²) in [4.78, 5) is 12.5. The molecule has 4 heteroatoms. The van der Waals surface area contributed by atoms with Crippen LogP contribution in [0.4, 0.5) is 10.5 Å². The average Bonchev–Trinajstić information content (AvgIpc) is 2.89. The molecule has 1 aliphatic heterocycles. The number of carboxylic acid groups (broad SMARTS) is 1. The second-order valence-corrected chi connectivity index (χ2v) is 4.75. The fraction of sp³-hybridized carbons (Fsp3) is 0.188. The molecule has 1 heterocycles. The molecule has 1 aliphatic rings. The van der Waals surface area contributed by atoms with Gasteiger partial charge in [-0.3, -0.25) is 4.90 Å². The summed E-state index contributed by atoms with van der Waals surface area (Å²) in [5.41, 5.74) is 2.88. The van der Waals surface area contributed by atoms with Gasteiger partial charge in [0.2, 0.25) is 0 Å². The van der Waals surface area contributed by atoms with Gasteiger partial charge < -0.3 is 9.84 Å². The van der Waals surface area contributed by atoms with Gasteiger partial charge in [-0.2, -0.15) is 0 Å². The van der Waals surface area contributed by atoms with Crippen molar-refractivity contribution >= 4 is 11.8 Å². The van der Waals surface area contributed by atoms with Crippen LogP contribution in [0.1, 0.15) is 11.1 Å². The molecular weight excluding hydrogens is 254 g/mol. The predicted molar refractivity (Wildman–Crippen MR) is 76.3 cm³/mol. The molecule has 0 unspecified atom stereocenters. The van der Waals surface area contributed by atoms with Crippen molar-refractivity contribution in [2.45, 2.75) is 13.0 Å². The molecule has 20 heavy (non-hydrogen) atoms. The lowest BCUT2D eigenvalue weighted by Gasteiger charge is -2.14. The largest absolute Gasteiger partial charge is 0.489 e. The number of fused-ring (bicyclic) bond motifs is 1. The molecule has 2 aromatic rings. The molecule has 2 aromatic carbocycles. The minimum Gasteiger partial charge on any atom is -0.489 e. The first-order valence-electron chi connectivity index (χ1n) is 6.54. The van der Waals surface area contributed by atoms with Crippen LogP contribution in [0.25, 0.3) is 0 Å². The molecule has 1 amide bonds. The number of carbonyl (C=O) groups is 1. The Kier molecular flexibility index (Phi) is 3.29. The number of hydrogen-bond donors (Lipinski definition) is 1. The van der Waals surface area contributed by atoms with Crippen LogP contribution in [0.15, 0.2) is 48.5 Å². The van der Waals surface area contributed by atoms with E-state index in [9.17, 15) is 4.79 Å². The molecule has 0 aromatic heterocycles. The Morgan fingerprint density at radius 3 is 2.75 bits per heavy atom. The maximum atomic E-state index is 11.1. The first-order chi connectivity index (χ1) is 9.74. The smallest absolute Gasteiger partial charge is 0.411 e. The van der Waals surface area contributed by atoms with Gasteiger partial charge in [-0.15, -0.1) is 0 Å². The number of amides is 1. The summed E-state index contributed by atoms with van der Waals surface area (Å²) < 4.78 is 5.73. The van der Waals surface area contributed by atoms with Crippen LogP contribution in [0.3, 0.4) is 0 Å². The quantitative estimate of drug-likeness (QED) is 0.930. The highest BCUT2D eigenvalue weighted by molar-refractivity contribution is 5.89. The van der Waals surface area contributed by atoms with Crippen LogP contribution in [-0.2, 0) is 13.0 Å². The second-order valence-electron chi connectivity index (χ2n) is 4.75. The van der Waals surface area contributed by atoms with Gasteiger partial charge in [-0.25, -0.2) is 4.79 Å². The number of anilines is 1. The summed E-state index contributed by atoms with van der Waals surface area (Å²) in [5.74, 6) is 0.695. The van der Waals surface area contributed by atoms with E-state index in [0.29, 0.717) is 18.9 Å².